The normalized spacial score (nSPS) is 21.8. The summed E-state index contributed by atoms with van der Waals surface area (Å²) in [5, 5.41) is 38.0. The summed E-state index contributed by atoms with van der Waals surface area (Å²) in [7, 11) is 0. The van der Waals surface area contributed by atoms with E-state index in [1.54, 1.807) is 0 Å². The van der Waals surface area contributed by atoms with Crippen molar-refractivity contribution in [3.05, 3.63) is 0 Å². The number of piperazine rings is 4. The molecule has 0 radical (unpaired) electrons. The largest absolute Gasteiger partial charge is 0.349 e. The van der Waals surface area contributed by atoms with E-state index in [2.05, 4.69) is 69.1 Å². The van der Waals surface area contributed by atoms with Gasteiger partial charge in [0.2, 0.25) is 29.5 Å². The van der Waals surface area contributed by atoms with E-state index in [0.29, 0.717) is 64.2 Å². The van der Waals surface area contributed by atoms with Gasteiger partial charge in [-0.1, -0.05) is 0 Å². The third kappa shape index (κ3) is 37.9. The first-order chi connectivity index (χ1) is 30.9. The summed E-state index contributed by atoms with van der Waals surface area (Å²) in [4.78, 5) is 104. The number of hydrogen-bond acceptors (Lipinski definition) is 18. The Labute approximate surface area is 376 Å². The van der Waals surface area contributed by atoms with Crippen LogP contribution in [-0.4, -0.2) is 196 Å². The lowest BCUT2D eigenvalue weighted by Gasteiger charge is -2.11. The lowest BCUT2D eigenvalue weighted by molar-refractivity contribution is -0.129. The number of rotatable bonds is 0. The van der Waals surface area contributed by atoms with Gasteiger partial charge >= 0.3 is 0 Å². The third-order valence-corrected chi connectivity index (χ3v) is 9.40. The molecule has 0 aromatic carbocycles. The van der Waals surface area contributed by atoms with Crippen LogP contribution in [0.25, 0.3) is 0 Å². The second-order valence-electron chi connectivity index (χ2n) is 15.1. The van der Waals surface area contributed by atoms with Crippen LogP contribution in [0.2, 0.25) is 0 Å². The van der Waals surface area contributed by atoms with Gasteiger partial charge in [-0.3, -0.25) is 47.9 Å². The Morgan fingerprint density at radius 3 is 0.375 bits per heavy atom. The molecule has 0 aromatic heterocycles. The van der Waals surface area contributed by atoms with Crippen LogP contribution < -0.4 is 69.1 Å². The van der Waals surface area contributed by atoms with Gasteiger partial charge in [-0.15, -0.1) is 0 Å². The summed E-state index contributed by atoms with van der Waals surface area (Å²) >= 11 is 0. The van der Waals surface area contributed by atoms with Crippen molar-refractivity contribution in [3.8, 4) is 0 Å². The highest BCUT2D eigenvalue weighted by atomic mass is 16.2. The van der Waals surface area contributed by atoms with Crippen LogP contribution in [0.1, 0.15) is 64.2 Å². The van der Waals surface area contributed by atoms with Crippen LogP contribution in [0.3, 0.4) is 0 Å². The average Bonchev–Trinajstić information content (AvgIpc) is 3.35. The van der Waals surface area contributed by atoms with Crippen LogP contribution in [0.15, 0.2) is 0 Å². The van der Waals surface area contributed by atoms with Crippen molar-refractivity contribution in [1.29, 1.82) is 0 Å². The van der Waals surface area contributed by atoms with E-state index in [1.165, 1.54) is 0 Å². The molecule has 9 heterocycles. The zero-order chi connectivity index (χ0) is 46.9. The van der Waals surface area contributed by atoms with Gasteiger partial charge in [0.15, 0.2) is 28.9 Å². The summed E-state index contributed by atoms with van der Waals surface area (Å²) in [5.41, 5.74) is 0. The number of nitrogens with one attached hydrogen (secondary N) is 13. The topological polar surface area (TPSA) is 327 Å². The molecule has 0 aromatic rings. The van der Waals surface area contributed by atoms with Crippen molar-refractivity contribution in [1.82, 2.24) is 69.1 Å². The Balaban J connectivity index is 0.000000361. The molecule has 23 heteroatoms. The standard InChI is InChI=1S/5C5H7NO2.4C4H10N2/c5*7-4-1-2-5(8)6-3-4;4*1-2-6-4-3-5-1/h5*1-3H2,(H,6,8);4*5-6H,1-4H2. The molecule has 5 amide bonds. The summed E-state index contributed by atoms with van der Waals surface area (Å²) < 4.78 is 0. The van der Waals surface area contributed by atoms with E-state index in [4.69, 9.17) is 0 Å². The molecule has 64 heavy (non-hydrogen) atoms. The van der Waals surface area contributed by atoms with Crippen molar-refractivity contribution in [3.63, 3.8) is 0 Å². The van der Waals surface area contributed by atoms with E-state index in [0.717, 1.165) is 105 Å². The van der Waals surface area contributed by atoms with Gasteiger partial charge in [-0.05, 0) is 0 Å². The molecule has 0 saturated carbocycles. The van der Waals surface area contributed by atoms with Gasteiger partial charge in [0, 0.05) is 169 Å². The molecule has 9 aliphatic heterocycles. The number of hydrogen-bond donors (Lipinski definition) is 13. The lowest BCUT2D eigenvalue weighted by Crippen LogP contribution is -2.39. The fourth-order valence-electron chi connectivity index (χ4n) is 5.55. The minimum absolute atomic E-state index is 0.00963. The number of carbonyl (C=O) groups excluding carboxylic acids is 10. The average molecular weight is 910 g/mol. The summed E-state index contributed by atoms with van der Waals surface area (Å²) in [6, 6.07) is 0. The highest BCUT2D eigenvalue weighted by Gasteiger charge is 2.15. The number of ketones is 5. The molecule has 0 bridgehead atoms. The second-order valence-corrected chi connectivity index (χ2v) is 15.1. The van der Waals surface area contributed by atoms with Crippen molar-refractivity contribution in [2.45, 2.75) is 64.2 Å². The first-order valence-corrected chi connectivity index (χ1v) is 22.5. The van der Waals surface area contributed by atoms with E-state index >= 15 is 0 Å². The van der Waals surface area contributed by atoms with Crippen LogP contribution >= 0.6 is 0 Å². The Hall–Kier alpha value is -4.62. The Morgan fingerprint density at radius 1 is 0.188 bits per heavy atom. The maximum Gasteiger partial charge on any atom is 0.220 e. The summed E-state index contributed by atoms with van der Waals surface area (Å²) in [6.45, 7) is 19.4. The highest BCUT2D eigenvalue weighted by molar-refractivity contribution is 5.94. The molecule has 13 N–H and O–H groups in total. The lowest BCUT2D eigenvalue weighted by atomic mass is 10.1. The Morgan fingerprint density at radius 2 is 0.312 bits per heavy atom. The molecular formula is C41H75N13O10. The quantitative estimate of drug-likeness (QED) is 0.108. The van der Waals surface area contributed by atoms with Crippen molar-refractivity contribution >= 4 is 58.5 Å². The van der Waals surface area contributed by atoms with Gasteiger partial charge in [-0.2, -0.15) is 0 Å². The minimum atomic E-state index is -0.00963. The van der Waals surface area contributed by atoms with Gasteiger partial charge in [0.25, 0.3) is 0 Å². The molecule has 364 valence electrons. The van der Waals surface area contributed by atoms with Crippen molar-refractivity contribution in [2.24, 2.45) is 0 Å². The van der Waals surface area contributed by atoms with E-state index in [-0.39, 0.29) is 91.2 Å². The second kappa shape index (κ2) is 39.9. The predicted octanol–water partition coefficient (Wildman–Crippen LogP) is -5.96. The molecule has 9 rings (SSSR count). The fourth-order valence-corrected chi connectivity index (χ4v) is 5.55. The first-order valence-electron chi connectivity index (χ1n) is 22.5. The molecule has 9 aliphatic rings. The predicted molar refractivity (Wildman–Crippen MR) is 239 cm³/mol. The molecule has 23 nitrogen and oxygen atoms in total. The van der Waals surface area contributed by atoms with Crippen molar-refractivity contribution in [2.75, 3.05) is 137 Å². The number of Topliss-reactive ketones (excluding diaryl/α,β-unsaturated/α-hetero) is 5. The highest BCUT2D eigenvalue weighted by Crippen LogP contribution is 1.98. The van der Waals surface area contributed by atoms with Crippen molar-refractivity contribution < 1.29 is 47.9 Å². The molecule has 0 spiro atoms. The minimum Gasteiger partial charge on any atom is -0.349 e. The Kier molecular flexibility index (Phi) is 35.8. The number of piperidine rings is 5. The molecule has 0 unspecified atom stereocenters. The maximum absolute atomic E-state index is 10.4. The summed E-state index contributed by atoms with van der Waals surface area (Å²) in [6.07, 6.45) is 3.98. The number of amides is 5. The molecule has 9 fully saturated rings. The molecule has 9 saturated heterocycles. The van der Waals surface area contributed by atoms with E-state index in [1.807, 2.05) is 0 Å². The van der Waals surface area contributed by atoms with E-state index in [9.17, 15) is 47.9 Å². The zero-order valence-electron chi connectivity index (χ0n) is 37.5. The molecule has 0 atom stereocenters. The fraction of sp³-hybridized carbons (Fsp3) is 0.756. The van der Waals surface area contributed by atoms with Crippen LogP contribution in [0, 0.1) is 0 Å². The van der Waals surface area contributed by atoms with Gasteiger partial charge < -0.3 is 69.1 Å². The van der Waals surface area contributed by atoms with Crippen LogP contribution in [0.4, 0.5) is 0 Å². The zero-order valence-corrected chi connectivity index (χ0v) is 37.5. The molecular weight excluding hydrogens is 835 g/mol. The smallest absolute Gasteiger partial charge is 0.220 e. The first kappa shape index (κ1) is 57.4. The molecule has 0 aliphatic carbocycles. The van der Waals surface area contributed by atoms with Gasteiger partial charge in [-0.25, -0.2) is 0 Å². The van der Waals surface area contributed by atoms with Crippen LogP contribution in [-0.2, 0) is 47.9 Å². The van der Waals surface area contributed by atoms with E-state index < -0.39 is 0 Å². The van der Waals surface area contributed by atoms with Gasteiger partial charge in [0.1, 0.15) is 0 Å². The Bertz CT molecular complexity index is 1000. The van der Waals surface area contributed by atoms with Crippen LogP contribution in [0.5, 0.6) is 0 Å². The SMILES string of the molecule is C1CNCCN1.C1CNCCN1.C1CNCCN1.C1CNCCN1.O=C1CCC(=O)NC1.O=C1CCC(=O)NC1.O=C1CCC(=O)NC1.O=C1CCC(=O)NC1.O=C1CCC(=O)NC1. The monoisotopic (exact) mass is 910 g/mol. The van der Waals surface area contributed by atoms with Gasteiger partial charge in [0.05, 0.1) is 32.7 Å². The summed E-state index contributed by atoms with van der Waals surface area (Å²) in [5.74, 6) is 0.598. The third-order valence-electron chi connectivity index (χ3n) is 9.40. The number of carbonyl (C=O) groups is 10. The maximum atomic E-state index is 10.4.